The number of fused-ring (bicyclic) bond motifs is 2. The molecule has 0 spiro atoms. The zero-order valence-electron chi connectivity index (χ0n) is 13.2. The molecule has 122 valence electrons. The number of ether oxygens (including phenoxy) is 2. The molecular formula is C19H18N2O3. The Hall–Kier alpha value is -2.95. The molecule has 0 bridgehead atoms. The maximum atomic E-state index is 12.1. The number of carbonyl (C=O) groups is 1. The Morgan fingerprint density at radius 2 is 2.00 bits per heavy atom. The van der Waals surface area contributed by atoms with Crippen LogP contribution in [0.5, 0.6) is 11.5 Å². The number of hydrogen-bond donors (Lipinski definition) is 2. The fourth-order valence-electron chi connectivity index (χ4n) is 2.93. The minimum absolute atomic E-state index is 0.0398. The highest BCUT2D eigenvalue weighted by atomic mass is 16.7. The Morgan fingerprint density at radius 3 is 2.96 bits per heavy atom. The summed E-state index contributed by atoms with van der Waals surface area (Å²) < 4.78 is 10.6. The summed E-state index contributed by atoms with van der Waals surface area (Å²) in [6, 6.07) is 13.8. The normalized spacial score (nSPS) is 12.5. The largest absolute Gasteiger partial charge is 0.454 e. The minimum Gasteiger partial charge on any atom is -0.454 e. The average Bonchev–Trinajstić information content (AvgIpc) is 3.24. The van der Waals surface area contributed by atoms with Crippen LogP contribution in [0.15, 0.2) is 48.7 Å². The maximum absolute atomic E-state index is 12.1. The number of aromatic nitrogens is 1. The lowest BCUT2D eigenvalue weighted by molar-refractivity contribution is -0.121. The average molecular weight is 322 g/mol. The van der Waals surface area contributed by atoms with Gasteiger partial charge in [0, 0.05) is 30.1 Å². The summed E-state index contributed by atoms with van der Waals surface area (Å²) in [5.41, 5.74) is 3.27. The molecule has 0 aliphatic carbocycles. The van der Waals surface area contributed by atoms with Crippen molar-refractivity contribution in [1.29, 1.82) is 0 Å². The molecule has 2 aromatic carbocycles. The third-order valence-electron chi connectivity index (χ3n) is 4.22. The first-order chi connectivity index (χ1) is 11.8. The van der Waals surface area contributed by atoms with Crippen molar-refractivity contribution in [3.05, 3.63) is 59.8 Å². The second kappa shape index (κ2) is 6.28. The Labute approximate surface area is 139 Å². The molecule has 1 aromatic heterocycles. The predicted molar refractivity (Wildman–Crippen MR) is 91.0 cm³/mol. The Balaban J connectivity index is 1.32. The van der Waals surface area contributed by atoms with Crippen molar-refractivity contribution < 1.29 is 14.3 Å². The number of para-hydroxylation sites is 1. The van der Waals surface area contributed by atoms with E-state index in [0.717, 1.165) is 29.0 Å². The number of amides is 1. The molecule has 2 N–H and O–H groups in total. The number of rotatable bonds is 5. The third-order valence-corrected chi connectivity index (χ3v) is 4.22. The zero-order valence-corrected chi connectivity index (χ0v) is 13.2. The van der Waals surface area contributed by atoms with Crippen LogP contribution in [0, 0.1) is 0 Å². The Bertz CT molecular complexity index is 885. The van der Waals surface area contributed by atoms with Crippen molar-refractivity contribution in [1.82, 2.24) is 10.3 Å². The third kappa shape index (κ3) is 2.93. The fraction of sp³-hybridized carbons (Fsp3) is 0.211. The summed E-state index contributed by atoms with van der Waals surface area (Å²) >= 11 is 0. The van der Waals surface area contributed by atoms with Gasteiger partial charge in [0.15, 0.2) is 11.5 Å². The highest BCUT2D eigenvalue weighted by molar-refractivity contribution is 5.84. The second-order valence-corrected chi connectivity index (χ2v) is 5.82. The number of H-pyrrole nitrogens is 1. The van der Waals surface area contributed by atoms with Crippen LogP contribution in [-0.4, -0.2) is 17.7 Å². The van der Waals surface area contributed by atoms with Gasteiger partial charge in [-0.25, -0.2) is 0 Å². The zero-order chi connectivity index (χ0) is 16.4. The van der Waals surface area contributed by atoms with E-state index in [2.05, 4.69) is 16.4 Å². The maximum Gasteiger partial charge on any atom is 0.231 e. The van der Waals surface area contributed by atoms with Gasteiger partial charge in [-0.1, -0.05) is 24.3 Å². The molecular weight excluding hydrogens is 304 g/mol. The van der Waals surface area contributed by atoms with Crippen molar-refractivity contribution in [3.8, 4) is 11.5 Å². The number of carbonyl (C=O) groups excluding carboxylic acids is 1. The summed E-state index contributed by atoms with van der Waals surface area (Å²) in [6.07, 6.45) is 3.17. The molecule has 4 rings (SSSR count). The van der Waals surface area contributed by atoms with Crippen molar-refractivity contribution >= 4 is 16.8 Å². The van der Waals surface area contributed by atoms with Crippen LogP contribution in [0.4, 0.5) is 0 Å². The van der Waals surface area contributed by atoms with Gasteiger partial charge < -0.3 is 19.8 Å². The molecule has 0 radical (unpaired) electrons. The lowest BCUT2D eigenvalue weighted by atomic mass is 10.1. The van der Waals surface area contributed by atoms with E-state index in [0.29, 0.717) is 13.0 Å². The summed E-state index contributed by atoms with van der Waals surface area (Å²) in [7, 11) is 0. The van der Waals surface area contributed by atoms with Gasteiger partial charge >= 0.3 is 0 Å². The van der Waals surface area contributed by atoms with Gasteiger partial charge in [-0.15, -0.1) is 0 Å². The highest BCUT2D eigenvalue weighted by Gasteiger charge is 2.13. The van der Waals surface area contributed by atoms with Crippen molar-refractivity contribution in [2.24, 2.45) is 0 Å². The predicted octanol–water partition coefficient (Wildman–Crippen LogP) is 3.15. The van der Waals surface area contributed by atoms with E-state index in [1.165, 1.54) is 10.9 Å². The quantitative estimate of drug-likeness (QED) is 0.758. The van der Waals surface area contributed by atoms with Gasteiger partial charge in [0.25, 0.3) is 0 Å². The van der Waals surface area contributed by atoms with Crippen LogP contribution >= 0.6 is 0 Å². The van der Waals surface area contributed by atoms with E-state index in [4.69, 9.17) is 9.47 Å². The van der Waals surface area contributed by atoms with Crippen LogP contribution < -0.4 is 14.8 Å². The highest BCUT2D eigenvalue weighted by Crippen LogP contribution is 2.32. The lowest BCUT2D eigenvalue weighted by Gasteiger charge is -2.06. The molecule has 5 nitrogen and oxygen atoms in total. The fourth-order valence-corrected chi connectivity index (χ4v) is 2.93. The van der Waals surface area contributed by atoms with E-state index in [-0.39, 0.29) is 12.7 Å². The molecule has 2 heterocycles. The molecule has 1 aliphatic heterocycles. The monoisotopic (exact) mass is 322 g/mol. The molecule has 0 atom stereocenters. The molecule has 1 aliphatic rings. The SMILES string of the molecule is O=C(CCc1c[nH]c2ccccc12)NCc1ccc2c(c1)OCO2. The molecule has 1 amide bonds. The van der Waals surface area contributed by atoms with Gasteiger partial charge in [-0.3, -0.25) is 4.79 Å². The van der Waals surface area contributed by atoms with E-state index >= 15 is 0 Å². The molecule has 0 unspecified atom stereocenters. The molecule has 0 saturated carbocycles. The summed E-state index contributed by atoms with van der Waals surface area (Å²) in [6.45, 7) is 0.749. The summed E-state index contributed by atoms with van der Waals surface area (Å²) in [4.78, 5) is 15.3. The Kier molecular flexibility index (Phi) is 3.83. The first kappa shape index (κ1) is 14.6. The molecule has 5 heteroatoms. The van der Waals surface area contributed by atoms with Crippen LogP contribution in [-0.2, 0) is 17.8 Å². The van der Waals surface area contributed by atoms with E-state index in [9.17, 15) is 4.79 Å². The molecule has 3 aromatic rings. The van der Waals surface area contributed by atoms with E-state index in [1.54, 1.807) is 0 Å². The van der Waals surface area contributed by atoms with Gasteiger partial charge in [0.05, 0.1) is 0 Å². The minimum atomic E-state index is 0.0398. The lowest BCUT2D eigenvalue weighted by Crippen LogP contribution is -2.22. The molecule has 0 saturated heterocycles. The van der Waals surface area contributed by atoms with Crippen LogP contribution in [0.3, 0.4) is 0 Å². The van der Waals surface area contributed by atoms with Gasteiger partial charge in [-0.05, 0) is 35.7 Å². The van der Waals surface area contributed by atoms with E-state index in [1.807, 2.05) is 42.6 Å². The summed E-state index contributed by atoms with van der Waals surface area (Å²) in [5.74, 6) is 1.53. The topological polar surface area (TPSA) is 63.4 Å². The second-order valence-electron chi connectivity index (χ2n) is 5.82. The summed E-state index contributed by atoms with van der Waals surface area (Å²) in [5, 5.41) is 4.14. The van der Waals surface area contributed by atoms with Crippen LogP contribution in [0.1, 0.15) is 17.5 Å². The Morgan fingerprint density at radius 1 is 1.12 bits per heavy atom. The number of aryl methyl sites for hydroxylation is 1. The van der Waals surface area contributed by atoms with Gasteiger partial charge in [-0.2, -0.15) is 0 Å². The van der Waals surface area contributed by atoms with Crippen LogP contribution in [0.25, 0.3) is 10.9 Å². The smallest absolute Gasteiger partial charge is 0.231 e. The van der Waals surface area contributed by atoms with Crippen LogP contribution in [0.2, 0.25) is 0 Å². The first-order valence-corrected chi connectivity index (χ1v) is 8.00. The van der Waals surface area contributed by atoms with Crippen molar-refractivity contribution in [2.75, 3.05) is 6.79 Å². The molecule has 24 heavy (non-hydrogen) atoms. The van der Waals surface area contributed by atoms with Crippen molar-refractivity contribution in [3.63, 3.8) is 0 Å². The van der Waals surface area contributed by atoms with E-state index < -0.39 is 0 Å². The standard InChI is InChI=1S/C19H18N2O3/c22-19(8-6-14-11-20-16-4-2-1-3-15(14)16)21-10-13-5-7-17-18(9-13)24-12-23-17/h1-5,7,9,11,20H,6,8,10,12H2,(H,21,22). The first-order valence-electron chi connectivity index (χ1n) is 8.00. The van der Waals surface area contributed by atoms with Gasteiger partial charge in [0.1, 0.15) is 0 Å². The van der Waals surface area contributed by atoms with Crippen molar-refractivity contribution in [2.45, 2.75) is 19.4 Å². The molecule has 0 fully saturated rings. The number of aromatic amines is 1. The van der Waals surface area contributed by atoms with Gasteiger partial charge in [0.2, 0.25) is 12.7 Å². The number of hydrogen-bond acceptors (Lipinski definition) is 3. The number of benzene rings is 2. The number of nitrogens with one attached hydrogen (secondary N) is 2.